The van der Waals surface area contributed by atoms with Crippen LogP contribution in [0.5, 0.6) is 0 Å². The highest BCUT2D eigenvalue weighted by molar-refractivity contribution is 7.12. The highest BCUT2D eigenvalue weighted by Crippen LogP contribution is 2.26. The molecule has 126 valence electrons. The zero-order valence-corrected chi connectivity index (χ0v) is 15.5. The maximum absolute atomic E-state index is 12.1. The van der Waals surface area contributed by atoms with Gasteiger partial charge in [-0.05, 0) is 32.4 Å². The largest absolute Gasteiger partial charge is 0.350 e. The molecule has 1 amide bonds. The summed E-state index contributed by atoms with van der Waals surface area (Å²) in [5, 5.41) is 7.01. The van der Waals surface area contributed by atoms with Crippen LogP contribution in [0, 0.1) is 13.8 Å². The average Bonchev–Trinajstić information content (AvgIpc) is 3.02. The molecule has 2 aromatic heterocycles. The first kappa shape index (κ1) is 17.7. The number of aromatic nitrogens is 2. The SMILES string of the molecule is Cc1cc(C(C)NC(=O)CCc2nc(C(C)(C)C)no2)c(C)s1. The molecular weight excluding hydrogens is 310 g/mol. The number of nitrogens with zero attached hydrogens (tertiary/aromatic N) is 2. The highest BCUT2D eigenvalue weighted by Gasteiger charge is 2.21. The van der Waals surface area contributed by atoms with E-state index < -0.39 is 0 Å². The van der Waals surface area contributed by atoms with Gasteiger partial charge >= 0.3 is 0 Å². The maximum Gasteiger partial charge on any atom is 0.227 e. The Balaban J connectivity index is 1.88. The highest BCUT2D eigenvalue weighted by atomic mass is 32.1. The van der Waals surface area contributed by atoms with Gasteiger partial charge in [0.1, 0.15) is 0 Å². The summed E-state index contributed by atoms with van der Waals surface area (Å²) in [4.78, 5) is 19.0. The Kier molecular flexibility index (Phi) is 5.24. The minimum atomic E-state index is -0.146. The molecule has 6 heteroatoms. The Bertz CT molecular complexity index is 682. The number of hydrogen-bond acceptors (Lipinski definition) is 5. The van der Waals surface area contributed by atoms with E-state index in [1.54, 1.807) is 11.3 Å². The van der Waals surface area contributed by atoms with E-state index in [1.807, 2.05) is 27.7 Å². The summed E-state index contributed by atoms with van der Waals surface area (Å²) in [6.45, 7) is 12.3. The Morgan fingerprint density at radius 1 is 1.39 bits per heavy atom. The summed E-state index contributed by atoms with van der Waals surface area (Å²) >= 11 is 1.76. The van der Waals surface area contributed by atoms with E-state index in [9.17, 15) is 4.79 Å². The Labute approximate surface area is 141 Å². The van der Waals surface area contributed by atoms with Gasteiger partial charge in [0.15, 0.2) is 5.82 Å². The monoisotopic (exact) mass is 335 g/mol. The Hall–Kier alpha value is -1.69. The van der Waals surface area contributed by atoms with Crippen LogP contribution < -0.4 is 5.32 Å². The van der Waals surface area contributed by atoms with Crippen LogP contribution >= 0.6 is 11.3 Å². The standard InChI is InChI=1S/C17H25N3O2S/c1-10-9-13(12(3)23-10)11(2)18-14(21)7-8-15-19-16(20-22-15)17(4,5)6/h9,11H,7-8H2,1-6H3,(H,18,21). The summed E-state index contributed by atoms with van der Waals surface area (Å²) in [6, 6.07) is 2.15. The van der Waals surface area contributed by atoms with E-state index in [-0.39, 0.29) is 17.4 Å². The molecule has 0 spiro atoms. The number of thiophene rings is 1. The maximum atomic E-state index is 12.1. The molecule has 0 saturated carbocycles. The molecule has 2 rings (SSSR count). The van der Waals surface area contributed by atoms with Gasteiger partial charge in [-0.15, -0.1) is 11.3 Å². The number of carbonyl (C=O) groups is 1. The number of carbonyl (C=O) groups excluding carboxylic acids is 1. The van der Waals surface area contributed by atoms with E-state index in [0.717, 1.165) is 0 Å². The third-order valence-electron chi connectivity index (χ3n) is 3.63. The van der Waals surface area contributed by atoms with Crippen molar-refractivity contribution in [1.29, 1.82) is 0 Å². The van der Waals surface area contributed by atoms with Gasteiger partial charge in [0.2, 0.25) is 11.8 Å². The molecule has 1 unspecified atom stereocenters. The first-order valence-corrected chi connectivity index (χ1v) is 8.68. The molecule has 1 N–H and O–H groups in total. The number of rotatable bonds is 5. The second-order valence-electron chi connectivity index (χ2n) is 6.92. The van der Waals surface area contributed by atoms with Gasteiger partial charge in [-0.25, -0.2) is 0 Å². The fourth-order valence-corrected chi connectivity index (χ4v) is 3.38. The predicted octanol–water partition coefficient (Wildman–Crippen LogP) is 3.86. The molecule has 0 fully saturated rings. The molecule has 0 aliphatic rings. The van der Waals surface area contributed by atoms with Crippen LogP contribution in [-0.2, 0) is 16.6 Å². The smallest absolute Gasteiger partial charge is 0.227 e. The van der Waals surface area contributed by atoms with Crippen LogP contribution in [-0.4, -0.2) is 16.0 Å². The van der Waals surface area contributed by atoms with Crippen molar-refractivity contribution in [1.82, 2.24) is 15.5 Å². The molecule has 0 aliphatic carbocycles. The molecule has 0 aliphatic heterocycles. The molecule has 0 aromatic carbocycles. The number of hydrogen-bond donors (Lipinski definition) is 1. The molecule has 2 aromatic rings. The first-order valence-electron chi connectivity index (χ1n) is 7.86. The summed E-state index contributed by atoms with van der Waals surface area (Å²) < 4.78 is 5.21. The summed E-state index contributed by atoms with van der Waals surface area (Å²) in [7, 11) is 0. The lowest BCUT2D eigenvalue weighted by molar-refractivity contribution is -0.121. The minimum Gasteiger partial charge on any atom is -0.350 e. The Morgan fingerprint density at radius 3 is 2.61 bits per heavy atom. The van der Waals surface area contributed by atoms with Gasteiger partial charge in [-0.1, -0.05) is 25.9 Å². The average molecular weight is 335 g/mol. The van der Waals surface area contributed by atoms with E-state index in [0.29, 0.717) is 24.6 Å². The normalized spacial score (nSPS) is 13.1. The fourth-order valence-electron chi connectivity index (χ4n) is 2.35. The van der Waals surface area contributed by atoms with Crippen molar-refractivity contribution in [3.63, 3.8) is 0 Å². The quantitative estimate of drug-likeness (QED) is 0.901. The zero-order chi connectivity index (χ0) is 17.2. The van der Waals surface area contributed by atoms with Crippen molar-refractivity contribution < 1.29 is 9.32 Å². The lowest BCUT2D eigenvalue weighted by Gasteiger charge is -2.13. The van der Waals surface area contributed by atoms with Crippen LogP contribution in [0.3, 0.4) is 0 Å². The molecule has 5 nitrogen and oxygen atoms in total. The van der Waals surface area contributed by atoms with Gasteiger partial charge < -0.3 is 9.84 Å². The third kappa shape index (κ3) is 4.64. The molecule has 0 saturated heterocycles. The fraction of sp³-hybridized carbons (Fsp3) is 0.588. The van der Waals surface area contributed by atoms with Gasteiger partial charge in [0.25, 0.3) is 0 Å². The van der Waals surface area contributed by atoms with E-state index >= 15 is 0 Å². The zero-order valence-electron chi connectivity index (χ0n) is 14.7. The van der Waals surface area contributed by atoms with E-state index in [2.05, 4.69) is 35.4 Å². The van der Waals surface area contributed by atoms with Gasteiger partial charge in [-0.2, -0.15) is 4.98 Å². The van der Waals surface area contributed by atoms with Crippen molar-refractivity contribution >= 4 is 17.2 Å². The molecule has 0 bridgehead atoms. The van der Waals surface area contributed by atoms with Crippen molar-refractivity contribution in [3.05, 3.63) is 33.1 Å². The first-order chi connectivity index (χ1) is 10.7. The molecule has 2 heterocycles. The summed E-state index contributed by atoms with van der Waals surface area (Å²) in [5.74, 6) is 1.18. The second kappa shape index (κ2) is 6.83. The summed E-state index contributed by atoms with van der Waals surface area (Å²) in [6.07, 6.45) is 0.807. The lowest BCUT2D eigenvalue weighted by atomic mass is 9.96. The van der Waals surface area contributed by atoms with Crippen LogP contribution in [0.25, 0.3) is 0 Å². The number of amides is 1. The van der Waals surface area contributed by atoms with Gasteiger partial charge in [0.05, 0.1) is 6.04 Å². The Morgan fingerprint density at radius 2 is 2.09 bits per heavy atom. The molecule has 0 radical (unpaired) electrons. The van der Waals surface area contributed by atoms with E-state index in [4.69, 9.17) is 4.52 Å². The minimum absolute atomic E-state index is 0.00346. The van der Waals surface area contributed by atoms with Crippen molar-refractivity contribution in [2.45, 2.75) is 65.8 Å². The van der Waals surface area contributed by atoms with Crippen LogP contribution in [0.4, 0.5) is 0 Å². The summed E-state index contributed by atoms with van der Waals surface area (Å²) in [5.41, 5.74) is 1.04. The van der Waals surface area contributed by atoms with Crippen LogP contribution in [0.15, 0.2) is 10.6 Å². The van der Waals surface area contributed by atoms with Crippen molar-refractivity contribution in [2.24, 2.45) is 0 Å². The van der Waals surface area contributed by atoms with E-state index in [1.165, 1.54) is 15.3 Å². The van der Waals surface area contributed by atoms with Gasteiger partial charge in [-0.3, -0.25) is 4.79 Å². The number of nitrogens with one attached hydrogen (secondary N) is 1. The molecule has 23 heavy (non-hydrogen) atoms. The topological polar surface area (TPSA) is 68.0 Å². The second-order valence-corrected chi connectivity index (χ2v) is 8.38. The molecular formula is C17H25N3O2S. The van der Waals surface area contributed by atoms with Gasteiger partial charge in [0, 0.05) is 28.0 Å². The van der Waals surface area contributed by atoms with Crippen LogP contribution in [0.1, 0.15) is 67.2 Å². The number of aryl methyl sites for hydroxylation is 3. The van der Waals surface area contributed by atoms with Crippen molar-refractivity contribution in [2.75, 3.05) is 0 Å². The van der Waals surface area contributed by atoms with Crippen molar-refractivity contribution in [3.8, 4) is 0 Å². The predicted molar refractivity (Wildman–Crippen MR) is 91.7 cm³/mol. The van der Waals surface area contributed by atoms with Crippen LogP contribution in [0.2, 0.25) is 0 Å². The molecule has 1 atom stereocenters. The lowest BCUT2D eigenvalue weighted by Crippen LogP contribution is -2.27. The third-order valence-corrected chi connectivity index (χ3v) is 4.61.